The van der Waals surface area contributed by atoms with E-state index in [1.54, 1.807) is 10.7 Å². The van der Waals surface area contributed by atoms with Gasteiger partial charge >= 0.3 is 51.4 Å². The van der Waals surface area contributed by atoms with Crippen molar-refractivity contribution in [3.63, 3.8) is 0 Å². The summed E-state index contributed by atoms with van der Waals surface area (Å²) in [5.74, 6) is 0.121. The van der Waals surface area contributed by atoms with E-state index in [1.807, 2.05) is 62.4 Å². The summed E-state index contributed by atoms with van der Waals surface area (Å²) < 4.78 is 7.94. The van der Waals surface area contributed by atoms with E-state index in [-0.39, 0.29) is 68.8 Å². The predicted molar refractivity (Wildman–Crippen MR) is 127 cm³/mol. The summed E-state index contributed by atoms with van der Waals surface area (Å²) in [5.41, 5.74) is 15.8. The number of hydrogen-bond donors (Lipinski definition) is 2. The van der Waals surface area contributed by atoms with E-state index in [0.29, 0.717) is 18.1 Å². The zero-order valence-corrected chi connectivity index (χ0v) is 23.3. The molecule has 0 aliphatic rings. The van der Waals surface area contributed by atoms with E-state index in [4.69, 9.17) is 16.0 Å². The molecule has 8 nitrogen and oxygen atoms in total. The quantitative estimate of drug-likeness (QED) is 0.353. The van der Waals surface area contributed by atoms with E-state index >= 15 is 0 Å². The minimum Gasteiger partial charge on any atom is -0.647 e. The second kappa shape index (κ2) is 11.0. The maximum atomic E-state index is 12.0. The minimum atomic E-state index is -0.602. The van der Waals surface area contributed by atoms with E-state index in [1.165, 1.54) is 0 Å². The summed E-state index contributed by atoms with van der Waals surface area (Å²) in [6.45, 7) is 4.29. The normalized spacial score (nSPS) is 10.8. The van der Waals surface area contributed by atoms with Gasteiger partial charge in [0.05, 0.1) is 5.88 Å². The fraction of sp³-hybridized carbons (Fsp3) is 0.174. The average molecular weight is 533 g/mol. The molecule has 0 spiro atoms. The number of nitrogens with zero attached hydrogens (tertiary/aromatic N) is 4. The third kappa shape index (κ3) is 5.76. The van der Waals surface area contributed by atoms with Crippen molar-refractivity contribution in [1.29, 1.82) is 0 Å². The number of carbonyl (C=O) groups excluding carboxylic acids is 1. The summed E-state index contributed by atoms with van der Waals surface area (Å²) in [7, 11) is 0. The van der Waals surface area contributed by atoms with Crippen molar-refractivity contribution in [2.24, 2.45) is 5.73 Å². The predicted octanol–water partition coefficient (Wildman–Crippen LogP) is 2.44. The molecule has 0 unspecified atom stereocenters. The number of benzene rings is 2. The summed E-state index contributed by atoms with van der Waals surface area (Å²) in [6.07, 6.45) is 0. The Bertz CT molecular complexity index is 1250. The second-order valence-corrected chi connectivity index (χ2v) is 8.50. The van der Waals surface area contributed by atoms with Gasteiger partial charge in [-0.3, -0.25) is 4.79 Å². The number of aromatic nitrogens is 3. The molecule has 10 heteroatoms. The first-order valence-corrected chi connectivity index (χ1v) is 10.8. The number of primary amides is 1. The van der Waals surface area contributed by atoms with Crippen LogP contribution in [0, 0.1) is 0 Å². The Morgan fingerprint density at radius 2 is 1.76 bits per heavy atom. The van der Waals surface area contributed by atoms with Gasteiger partial charge in [0.25, 0.3) is 5.91 Å². The van der Waals surface area contributed by atoms with Crippen LogP contribution in [0.5, 0.6) is 0 Å². The van der Waals surface area contributed by atoms with Crippen LogP contribution >= 0.6 is 15.9 Å². The third-order valence-electron chi connectivity index (χ3n) is 4.97. The van der Waals surface area contributed by atoms with Crippen LogP contribution in [0.15, 0.2) is 63.6 Å². The standard InChI is InChI=1S/C23H23BrN6O2.K/c1-13(2)30-22(25)20(23(26)31)21(28-30)16-5-3-14(4-6-16)12-27-19-11-18(29-32-19)15-7-9-17(24)10-8-15;/h3-11,13H,12H2,1-2H3,(H5,25,26,27,28,29,31);/q;+1/p-1. The van der Waals surface area contributed by atoms with E-state index in [9.17, 15) is 4.79 Å². The maximum absolute atomic E-state index is 12.0. The smallest absolute Gasteiger partial charge is 0.647 e. The molecule has 4 rings (SSSR count). The zero-order valence-electron chi connectivity index (χ0n) is 18.6. The largest absolute Gasteiger partial charge is 1.00 e. The monoisotopic (exact) mass is 532 g/mol. The molecule has 4 aromatic rings. The van der Waals surface area contributed by atoms with Gasteiger partial charge in [-0.15, -0.1) is 6.54 Å². The molecule has 0 saturated heterocycles. The summed E-state index contributed by atoms with van der Waals surface area (Å²) >= 11 is 3.42. The van der Waals surface area contributed by atoms with Crippen LogP contribution in [0.25, 0.3) is 27.8 Å². The average Bonchev–Trinajstić information content (AvgIpc) is 3.38. The molecule has 0 radical (unpaired) electrons. The van der Waals surface area contributed by atoms with Crippen LogP contribution in [0.4, 0.5) is 11.7 Å². The van der Waals surface area contributed by atoms with Crippen molar-refractivity contribution in [2.45, 2.75) is 26.4 Å². The van der Waals surface area contributed by atoms with Crippen LogP contribution in [0.2, 0.25) is 0 Å². The molecule has 164 valence electrons. The molecule has 2 aromatic heterocycles. The molecule has 0 fully saturated rings. The van der Waals surface area contributed by atoms with Crippen LogP contribution in [0.1, 0.15) is 35.8 Å². The first-order valence-electron chi connectivity index (χ1n) is 10.0. The molecule has 0 bridgehead atoms. The van der Waals surface area contributed by atoms with E-state index in [2.05, 4.69) is 31.5 Å². The van der Waals surface area contributed by atoms with Crippen LogP contribution in [0.3, 0.4) is 0 Å². The molecule has 0 aliphatic heterocycles. The number of hydrogen-bond acceptors (Lipinski definition) is 5. The molecular formula is C23H22BrKN6O2. The number of nitrogens with two attached hydrogens (primary N) is 2. The van der Waals surface area contributed by atoms with E-state index in [0.717, 1.165) is 26.9 Å². The Morgan fingerprint density at radius 3 is 2.36 bits per heavy atom. The molecule has 1 amide bonds. The number of amides is 1. The molecule has 2 aromatic carbocycles. The van der Waals surface area contributed by atoms with Crippen LogP contribution < -0.4 is 62.9 Å². The fourth-order valence-corrected chi connectivity index (χ4v) is 3.58. The number of anilines is 1. The van der Waals surface area contributed by atoms with Crippen molar-refractivity contribution >= 4 is 33.5 Å². The van der Waals surface area contributed by atoms with Crippen molar-refractivity contribution in [3.8, 4) is 22.5 Å². The van der Waals surface area contributed by atoms with E-state index < -0.39 is 5.91 Å². The Kier molecular flexibility index (Phi) is 8.54. The van der Waals surface area contributed by atoms with Gasteiger partial charge in [-0.25, -0.2) is 4.68 Å². The van der Waals surface area contributed by atoms with Crippen molar-refractivity contribution in [2.75, 3.05) is 5.73 Å². The number of carbonyl (C=O) groups is 1. The van der Waals surface area contributed by atoms with Crippen molar-refractivity contribution in [3.05, 3.63) is 75.5 Å². The number of rotatable bonds is 7. The van der Waals surface area contributed by atoms with Gasteiger partial charge in [0.2, 0.25) is 0 Å². The van der Waals surface area contributed by atoms with Gasteiger partial charge in [0.15, 0.2) is 0 Å². The SMILES string of the molecule is CC(C)n1nc(-c2ccc(C[N-]c3cc(-c4ccc(Br)cc4)no3)cc2)c(C(N)=O)c1N.[K+]. The first kappa shape index (κ1) is 25.7. The topological polar surface area (TPSA) is 127 Å². The Labute approximate surface area is 242 Å². The van der Waals surface area contributed by atoms with Gasteiger partial charge in [-0.1, -0.05) is 63.0 Å². The minimum absolute atomic E-state index is 0. The van der Waals surface area contributed by atoms with Gasteiger partial charge in [-0.2, -0.15) is 5.10 Å². The molecular weight excluding hydrogens is 511 g/mol. The van der Waals surface area contributed by atoms with Gasteiger partial charge in [-0.05, 0) is 32.0 Å². The molecule has 0 saturated carbocycles. The Morgan fingerprint density at radius 1 is 1.12 bits per heavy atom. The number of halogens is 1. The van der Waals surface area contributed by atoms with Gasteiger partial charge in [0.1, 0.15) is 22.8 Å². The van der Waals surface area contributed by atoms with Crippen molar-refractivity contribution < 1.29 is 60.7 Å². The summed E-state index contributed by atoms with van der Waals surface area (Å²) in [6, 6.07) is 17.2. The van der Waals surface area contributed by atoms with Crippen molar-refractivity contribution in [1.82, 2.24) is 14.9 Å². The number of nitrogen functional groups attached to an aromatic ring is 1. The molecule has 33 heavy (non-hydrogen) atoms. The van der Waals surface area contributed by atoms with Gasteiger partial charge in [0, 0.05) is 21.6 Å². The molecule has 2 heterocycles. The molecule has 0 atom stereocenters. The third-order valence-corrected chi connectivity index (χ3v) is 5.49. The first-order chi connectivity index (χ1) is 15.3. The molecule has 0 aliphatic carbocycles. The van der Waals surface area contributed by atoms with Crippen LogP contribution in [-0.2, 0) is 6.54 Å². The Balaban J connectivity index is 0.00000306. The summed E-state index contributed by atoms with van der Waals surface area (Å²) in [5, 5.41) is 13.1. The Hall–Kier alpha value is -1.95. The zero-order chi connectivity index (χ0) is 22.8. The maximum Gasteiger partial charge on any atom is 1.00 e. The van der Waals surface area contributed by atoms with Crippen LogP contribution in [-0.4, -0.2) is 20.8 Å². The summed E-state index contributed by atoms with van der Waals surface area (Å²) in [4.78, 5) is 12.0. The van der Waals surface area contributed by atoms with Gasteiger partial charge < -0.3 is 21.3 Å². The second-order valence-electron chi connectivity index (χ2n) is 7.58. The molecule has 4 N–H and O–H groups in total. The fourth-order valence-electron chi connectivity index (χ4n) is 3.32.